The zero-order valence-corrected chi connectivity index (χ0v) is 13.9. The lowest BCUT2D eigenvalue weighted by molar-refractivity contribution is 0.0950. The number of carbonyl (C=O) groups is 1. The SMILES string of the molecule is Cc1cc(CNC(=O)c2ccccc2Br)c(C)n1C1CC1. The molecule has 0 aliphatic heterocycles. The fourth-order valence-corrected chi connectivity index (χ4v) is 3.30. The Labute approximate surface area is 133 Å². The summed E-state index contributed by atoms with van der Waals surface area (Å²) in [5.74, 6) is -0.0429. The standard InChI is InChI=1S/C17H19BrN2O/c1-11-9-13(12(2)20(11)14-7-8-14)10-19-17(21)15-5-3-4-6-16(15)18/h3-6,9,14H,7-8,10H2,1-2H3,(H,19,21). The first kappa shape index (κ1) is 14.4. The maximum absolute atomic E-state index is 12.2. The van der Waals surface area contributed by atoms with Crippen LogP contribution in [0.25, 0.3) is 0 Å². The van der Waals surface area contributed by atoms with Gasteiger partial charge in [0.1, 0.15) is 0 Å². The van der Waals surface area contributed by atoms with Crippen molar-refractivity contribution in [2.45, 2.75) is 39.3 Å². The summed E-state index contributed by atoms with van der Waals surface area (Å²) in [7, 11) is 0. The zero-order chi connectivity index (χ0) is 15.0. The van der Waals surface area contributed by atoms with Crippen LogP contribution in [0.3, 0.4) is 0 Å². The molecular weight excluding hydrogens is 328 g/mol. The van der Waals surface area contributed by atoms with Crippen molar-refractivity contribution in [3.8, 4) is 0 Å². The third-order valence-electron chi connectivity index (χ3n) is 4.06. The molecule has 1 amide bonds. The molecule has 0 spiro atoms. The highest BCUT2D eigenvalue weighted by Crippen LogP contribution is 2.38. The number of aryl methyl sites for hydroxylation is 1. The Morgan fingerprint density at radius 2 is 2.05 bits per heavy atom. The van der Waals surface area contributed by atoms with Crippen LogP contribution in [-0.4, -0.2) is 10.5 Å². The molecule has 1 N–H and O–H groups in total. The normalized spacial score (nSPS) is 14.2. The molecular formula is C17H19BrN2O. The molecule has 1 heterocycles. The van der Waals surface area contributed by atoms with E-state index in [0.29, 0.717) is 18.2 Å². The highest BCUT2D eigenvalue weighted by Gasteiger charge is 2.26. The number of hydrogen-bond acceptors (Lipinski definition) is 1. The second-order valence-electron chi connectivity index (χ2n) is 5.66. The van der Waals surface area contributed by atoms with Crippen molar-refractivity contribution < 1.29 is 4.79 Å². The molecule has 1 saturated carbocycles. The molecule has 0 radical (unpaired) electrons. The van der Waals surface area contributed by atoms with Crippen LogP contribution >= 0.6 is 15.9 Å². The van der Waals surface area contributed by atoms with Crippen LogP contribution in [0.2, 0.25) is 0 Å². The third-order valence-corrected chi connectivity index (χ3v) is 4.75. The molecule has 3 rings (SSSR count). The molecule has 1 aliphatic carbocycles. The molecule has 21 heavy (non-hydrogen) atoms. The summed E-state index contributed by atoms with van der Waals surface area (Å²) in [5.41, 5.74) is 4.45. The zero-order valence-electron chi connectivity index (χ0n) is 12.3. The maximum Gasteiger partial charge on any atom is 0.252 e. The van der Waals surface area contributed by atoms with Crippen LogP contribution < -0.4 is 5.32 Å². The molecule has 0 bridgehead atoms. The highest BCUT2D eigenvalue weighted by molar-refractivity contribution is 9.10. The van der Waals surface area contributed by atoms with Gasteiger partial charge < -0.3 is 9.88 Å². The first-order chi connectivity index (χ1) is 10.1. The summed E-state index contributed by atoms with van der Waals surface area (Å²) >= 11 is 3.42. The predicted molar refractivity (Wildman–Crippen MR) is 87.5 cm³/mol. The van der Waals surface area contributed by atoms with Gasteiger partial charge >= 0.3 is 0 Å². The fraction of sp³-hybridized carbons (Fsp3) is 0.353. The van der Waals surface area contributed by atoms with Crippen LogP contribution in [-0.2, 0) is 6.54 Å². The van der Waals surface area contributed by atoms with Gasteiger partial charge in [0.2, 0.25) is 0 Å². The average molecular weight is 347 g/mol. The summed E-state index contributed by atoms with van der Waals surface area (Å²) in [6.45, 7) is 4.86. The van der Waals surface area contributed by atoms with Crippen molar-refractivity contribution >= 4 is 21.8 Å². The number of nitrogens with zero attached hydrogens (tertiary/aromatic N) is 1. The number of nitrogens with one attached hydrogen (secondary N) is 1. The first-order valence-electron chi connectivity index (χ1n) is 7.28. The van der Waals surface area contributed by atoms with Gasteiger partial charge in [-0.3, -0.25) is 4.79 Å². The molecule has 4 heteroatoms. The lowest BCUT2D eigenvalue weighted by atomic mass is 10.2. The van der Waals surface area contributed by atoms with E-state index in [1.807, 2.05) is 24.3 Å². The molecule has 0 saturated heterocycles. The summed E-state index contributed by atoms with van der Waals surface area (Å²) in [6.07, 6.45) is 2.55. The van der Waals surface area contributed by atoms with Crippen molar-refractivity contribution in [2.75, 3.05) is 0 Å². The van der Waals surface area contributed by atoms with Crippen molar-refractivity contribution in [2.24, 2.45) is 0 Å². The van der Waals surface area contributed by atoms with Gasteiger partial charge in [0.15, 0.2) is 0 Å². The summed E-state index contributed by atoms with van der Waals surface area (Å²) in [5, 5.41) is 3.01. The fourth-order valence-electron chi connectivity index (χ4n) is 2.83. The Bertz CT molecular complexity index is 686. The minimum Gasteiger partial charge on any atom is -0.348 e. The van der Waals surface area contributed by atoms with Crippen LogP contribution in [0.5, 0.6) is 0 Å². The van der Waals surface area contributed by atoms with Crippen LogP contribution in [0.4, 0.5) is 0 Å². The van der Waals surface area contributed by atoms with E-state index in [2.05, 4.69) is 45.7 Å². The molecule has 110 valence electrons. The van der Waals surface area contributed by atoms with Gasteiger partial charge in [-0.15, -0.1) is 0 Å². The Kier molecular flexibility index (Phi) is 3.89. The quantitative estimate of drug-likeness (QED) is 0.887. The molecule has 1 aliphatic rings. The molecule has 3 nitrogen and oxygen atoms in total. The number of rotatable bonds is 4. The second kappa shape index (κ2) is 5.68. The number of amides is 1. The van der Waals surface area contributed by atoms with E-state index in [1.165, 1.54) is 29.8 Å². The minimum absolute atomic E-state index is 0.0429. The van der Waals surface area contributed by atoms with Crippen molar-refractivity contribution in [3.63, 3.8) is 0 Å². The van der Waals surface area contributed by atoms with E-state index in [4.69, 9.17) is 0 Å². The van der Waals surface area contributed by atoms with Crippen molar-refractivity contribution in [1.29, 1.82) is 0 Å². The Hall–Kier alpha value is -1.55. The molecule has 2 aromatic rings. The summed E-state index contributed by atoms with van der Waals surface area (Å²) < 4.78 is 3.23. The second-order valence-corrected chi connectivity index (χ2v) is 6.51. The van der Waals surface area contributed by atoms with E-state index >= 15 is 0 Å². The van der Waals surface area contributed by atoms with Gasteiger partial charge in [0, 0.05) is 28.4 Å². The Morgan fingerprint density at radius 1 is 1.33 bits per heavy atom. The number of carbonyl (C=O) groups excluding carboxylic acids is 1. The van der Waals surface area contributed by atoms with Gasteiger partial charge in [-0.1, -0.05) is 12.1 Å². The van der Waals surface area contributed by atoms with E-state index in [9.17, 15) is 4.79 Å². The number of halogens is 1. The molecule has 1 fully saturated rings. The van der Waals surface area contributed by atoms with Gasteiger partial charge in [0.05, 0.1) is 5.56 Å². The number of benzene rings is 1. The number of aromatic nitrogens is 1. The number of hydrogen-bond donors (Lipinski definition) is 1. The highest BCUT2D eigenvalue weighted by atomic mass is 79.9. The van der Waals surface area contributed by atoms with Gasteiger partial charge in [-0.25, -0.2) is 0 Å². The maximum atomic E-state index is 12.2. The predicted octanol–water partition coefficient (Wildman–Crippen LogP) is 4.13. The van der Waals surface area contributed by atoms with E-state index in [-0.39, 0.29) is 5.91 Å². The molecule has 1 aromatic heterocycles. The van der Waals surface area contributed by atoms with E-state index in [0.717, 1.165) is 4.47 Å². The third kappa shape index (κ3) is 2.91. The summed E-state index contributed by atoms with van der Waals surface area (Å²) in [4.78, 5) is 12.2. The summed E-state index contributed by atoms with van der Waals surface area (Å²) in [6, 6.07) is 10.4. The van der Waals surface area contributed by atoms with Crippen LogP contribution in [0.1, 0.15) is 46.2 Å². The van der Waals surface area contributed by atoms with Crippen LogP contribution in [0.15, 0.2) is 34.8 Å². The van der Waals surface area contributed by atoms with Crippen molar-refractivity contribution in [1.82, 2.24) is 9.88 Å². The lowest BCUT2D eigenvalue weighted by Crippen LogP contribution is -2.23. The molecule has 0 unspecified atom stereocenters. The largest absolute Gasteiger partial charge is 0.348 e. The molecule has 1 aromatic carbocycles. The Morgan fingerprint density at radius 3 is 2.71 bits per heavy atom. The monoisotopic (exact) mass is 346 g/mol. The smallest absolute Gasteiger partial charge is 0.252 e. The molecule has 0 atom stereocenters. The van der Waals surface area contributed by atoms with Crippen molar-refractivity contribution in [3.05, 3.63) is 57.3 Å². The van der Waals surface area contributed by atoms with E-state index in [1.54, 1.807) is 0 Å². The van der Waals surface area contributed by atoms with E-state index < -0.39 is 0 Å². The topological polar surface area (TPSA) is 34.0 Å². The van der Waals surface area contributed by atoms with Gasteiger partial charge in [-0.2, -0.15) is 0 Å². The van der Waals surface area contributed by atoms with Gasteiger partial charge in [0.25, 0.3) is 5.91 Å². The Balaban J connectivity index is 1.72. The average Bonchev–Trinajstić information content (AvgIpc) is 3.24. The van der Waals surface area contributed by atoms with Gasteiger partial charge in [-0.05, 0) is 66.4 Å². The van der Waals surface area contributed by atoms with Crippen LogP contribution in [0, 0.1) is 13.8 Å². The minimum atomic E-state index is -0.0429. The first-order valence-corrected chi connectivity index (χ1v) is 8.07. The lowest BCUT2D eigenvalue weighted by Gasteiger charge is -2.09.